The van der Waals surface area contributed by atoms with Crippen LogP contribution in [0.15, 0.2) is 29.3 Å². The van der Waals surface area contributed by atoms with Gasteiger partial charge >= 0.3 is 5.97 Å². The number of carbonyl (C=O) groups excluding carboxylic acids is 2. The monoisotopic (exact) mass is 410 g/mol. The fraction of sp³-hybridized carbons (Fsp3) is 0.412. The van der Waals surface area contributed by atoms with Crippen molar-refractivity contribution < 1.29 is 29.7 Å². The van der Waals surface area contributed by atoms with E-state index < -0.39 is 36.1 Å². The Bertz CT molecular complexity index is 734. The largest absolute Gasteiger partial charge is 0.508 e. The van der Waals surface area contributed by atoms with Gasteiger partial charge < -0.3 is 43.2 Å². The summed E-state index contributed by atoms with van der Waals surface area (Å²) in [4.78, 5) is 39.2. The summed E-state index contributed by atoms with van der Waals surface area (Å²) in [7, 11) is 0. The number of carboxylic acid groups (broad SMARTS) is 1. The number of guanidine groups is 1. The molecular formula is C17H26N6O6. The number of aliphatic carboxylic acids is 1. The standard InChI is InChI=1S/C17H26N6O6/c18-11(2-1-7-21-17(19)20)13(25)22-12(14(26)23-15(27)16(28)29)8-9-3-5-10(24)6-4-9/h3-6,11-12,15,24,27H,1-2,7-8,18H2,(H,22,25)(H,23,26)(H,28,29)(H4,19,20,21)/t11-,12-,15?/m0/s1. The number of phenols is 1. The molecule has 1 aromatic rings. The minimum Gasteiger partial charge on any atom is -0.508 e. The molecule has 0 aliphatic heterocycles. The summed E-state index contributed by atoms with van der Waals surface area (Å²) in [5, 5.41) is 31.8. The predicted octanol–water partition coefficient (Wildman–Crippen LogP) is -2.68. The number of phenolic OH excluding ortho intramolecular Hbond substituents is 1. The first-order chi connectivity index (χ1) is 13.6. The first-order valence-corrected chi connectivity index (χ1v) is 8.70. The lowest BCUT2D eigenvalue weighted by Gasteiger charge is -2.21. The van der Waals surface area contributed by atoms with Crippen LogP contribution in [0.5, 0.6) is 5.75 Å². The maximum atomic E-state index is 12.3. The Kier molecular flexibility index (Phi) is 9.35. The molecule has 0 spiro atoms. The first kappa shape index (κ1) is 23.7. The molecule has 0 radical (unpaired) electrons. The van der Waals surface area contributed by atoms with Crippen LogP contribution in [-0.4, -0.2) is 63.9 Å². The third-order valence-electron chi connectivity index (χ3n) is 3.83. The number of rotatable bonds is 11. The molecule has 0 aliphatic carbocycles. The van der Waals surface area contributed by atoms with E-state index in [9.17, 15) is 24.6 Å². The molecule has 2 amide bonds. The molecule has 0 saturated carbocycles. The third kappa shape index (κ3) is 8.90. The van der Waals surface area contributed by atoms with Crippen LogP contribution < -0.4 is 27.8 Å². The Labute approximate surface area is 166 Å². The van der Waals surface area contributed by atoms with Crippen molar-refractivity contribution in [3.05, 3.63) is 29.8 Å². The van der Waals surface area contributed by atoms with Crippen molar-refractivity contribution in [1.82, 2.24) is 10.6 Å². The van der Waals surface area contributed by atoms with Crippen LogP contribution in [-0.2, 0) is 20.8 Å². The molecule has 0 aromatic heterocycles. The summed E-state index contributed by atoms with van der Waals surface area (Å²) in [6.07, 6.45) is -1.48. The zero-order valence-corrected chi connectivity index (χ0v) is 15.6. The number of hydrogen-bond acceptors (Lipinski definition) is 7. The summed E-state index contributed by atoms with van der Waals surface area (Å²) in [6, 6.07) is 3.70. The van der Waals surface area contributed by atoms with Crippen molar-refractivity contribution in [3.63, 3.8) is 0 Å². The number of nitrogens with one attached hydrogen (secondary N) is 2. The molecule has 12 heteroatoms. The Morgan fingerprint density at radius 1 is 1.07 bits per heavy atom. The summed E-state index contributed by atoms with van der Waals surface area (Å²) in [5.74, 6) is -3.26. The second-order valence-electron chi connectivity index (χ2n) is 6.24. The zero-order chi connectivity index (χ0) is 22.0. The Balaban J connectivity index is 2.79. The van der Waals surface area contributed by atoms with Gasteiger partial charge in [-0.05, 0) is 30.5 Å². The minimum atomic E-state index is -2.13. The molecule has 0 saturated heterocycles. The van der Waals surface area contributed by atoms with Gasteiger partial charge in [-0.3, -0.25) is 14.6 Å². The molecule has 0 bridgehead atoms. The Hall–Kier alpha value is -3.38. The lowest BCUT2D eigenvalue weighted by Crippen LogP contribution is -2.55. The fourth-order valence-electron chi connectivity index (χ4n) is 2.30. The summed E-state index contributed by atoms with van der Waals surface area (Å²) >= 11 is 0. The Morgan fingerprint density at radius 3 is 2.24 bits per heavy atom. The molecule has 29 heavy (non-hydrogen) atoms. The van der Waals surface area contributed by atoms with E-state index in [0.717, 1.165) is 0 Å². The molecule has 0 heterocycles. The van der Waals surface area contributed by atoms with E-state index in [1.54, 1.807) is 0 Å². The number of nitrogens with zero attached hydrogens (tertiary/aromatic N) is 1. The first-order valence-electron chi connectivity index (χ1n) is 8.70. The number of amides is 2. The minimum absolute atomic E-state index is 0.0166. The molecule has 0 fully saturated rings. The predicted molar refractivity (Wildman–Crippen MR) is 103 cm³/mol. The SMILES string of the molecule is NC(N)=NCCC[C@H](N)C(=O)N[C@@H](Cc1ccc(O)cc1)C(=O)NC(O)C(=O)O. The molecule has 1 aromatic carbocycles. The van der Waals surface area contributed by atoms with Crippen LogP contribution in [0.25, 0.3) is 0 Å². The van der Waals surface area contributed by atoms with Gasteiger partial charge in [-0.2, -0.15) is 0 Å². The number of nitrogens with two attached hydrogens (primary N) is 3. The maximum Gasteiger partial charge on any atom is 0.353 e. The number of hydrogen-bond donors (Lipinski definition) is 8. The highest BCUT2D eigenvalue weighted by Crippen LogP contribution is 2.12. The molecular weight excluding hydrogens is 384 g/mol. The maximum absolute atomic E-state index is 12.3. The van der Waals surface area contributed by atoms with Crippen LogP contribution in [0.4, 0.5) is 0 Å². The van der Waals surface area contributed by atoms with Crippen molar-refractivity contribution in [2.24, 2.45) is 22.2 Å². The Morgan fingerprint density at radius 2 is 1.69 bits per heavy atom. The quantitative estimate of drug-likeness (QED) is 0.0821. The number of aliphatic hydroxyl groups is 1. The molecule has 1 rings (SSSR count). The smallest absolute Gasteiger partial charge is 0.353 e. The van der Waals surface area contributed by atoms with E-state index in [4.69, 9.17) is 22.3 Å². The normalized spacial score (nSPS) is 13.6. The lowest BCUT2D eigenvalue weighted by molar-refractivity contribution is -0.151. The average molecular weight is 410 g/mol. The number of aliphatic imine (C=N–C) groups is 1. The van der Waals surface area contributed by atoms with Crippen molar-refractivity contribution >= 4 is 23.7 Å². The van der Waals surface area contributed by atoms with Crippen molar-refractivity contribution in [2.45, 2.75) is 37.6 Å². The van der Waals surface area contributed by atoms with Crippen molar-refractivity contribution in [2.75, 3.05) is 6.54 Å². The van der Waals surface area contributed by atoms with E-state index in [1.165, 1.54) is 24.3 Å². The van der Waals surface area contributed by atoms with Gasteiger partial charge in [-0.1, -0.05) is 12.1 Å². The zero-order valence-electron chi connectivity index (χ0n) is 15.6. The van der Waals surface area contributed by atoms with Gasteiger partial charge in [0.05, 0.1) is 6.04 Å². The average Bonchev–Trinajstić information content (AvgIpc) is 2.65. The van der Waals surface area contributed by atoms with E-state index in [-0.39, 0.29) is 31.1 Å². The van der Waals surface area contributed by atoms with Gasteiger partial charge in [0, 0.05) is 13.0 Å². The fourth-order valence-corrected chi connectivity index (χ4v) is 2.30. The lowest BCUT2D eigenvalue weighted by atomic mass is 10.0. The van der Waals surface area contributed by atoms with Crippen LogP contribution in [0, 0.1) is 0 Å². The molecule has 0 aliphatic rings. The number of aromatic hydroxyl groups is 1. The third-order valence-corrected chi connectivity index (χ3v) is 3.83. The van der Waals surface area contributed by atoms with E-state index in [1.807, 2.05) is 5.32 Å². The van der Waals surface area contributed by atoms with Crippen molar-refractivity contribution in [3.8, 4) is 5.75 Å². The van der Waals surface area contributed by atoms with Crippen LogP contribution >= 0.6 is 0 Å². The van der Waals surface area contributed by atoms with Gasteiger partial charge in [0.1, 0.15) is 11.8 Å². The number of aliphatic hydroxyl groups excluding tert-OH is 1. The van der Waals surface area contributed by atoms with Crippen molar-refractivity contribution in [1.29, 1.82) is 0 Å². The van der Waals surface area contributed by atoms with E-state index >= 15 is 0 Å². The highest BCUT2D eigenvalue weighted by atomic mass is 16.4. The summed E-state index contributed by atoms with van der Waals surface area (Å²) < 4.78 is 0. The van der Waals surface area contributed by atoms with Crippen LogP contribution in [0.1, 0.15) is 18.4 Å². The molecule has 11 N–H and O–H groups in total. The molecule has 12 nitrogen and oxygen atoms in total. The van der Waals surface area contributed by atoms with Gasteiger partial charge in [0.15, 0.2) is 5.96 Å². The van der Waals surface area contributed by atoms with E-state index in [2.05, 4.69) is 10.3 Å². The molecule has 1 unspecified atom stereocenters. The van der Waals surface area contributed by atoms with Gasteiger partial charge in [-0.15, -0.1) is 0 Å². The number of carbonyl (C=O) groups is 3. The number of benzene rings is 1. The summed E-state index contributed by atoms with van der Waals surface area (Å²) in [6.45, 7) is 0.283. The van der Waals surface area contributed by atoms with Gasteiger partial charge in [0.25, 0.3) is 0 Å². The molecule has 3 atom stereocenters. The highest BCUT2D eigenvalue weighted by molar-refractivity contribution is 5.91. The van der Waals surface area contributed by atoms with E-state index in [0.29, 0.717) is 12.0 Å². The summed E-state index contributed by atoms with van der Waals surface area (Å²) in [5.41, 5.74) is 16.8. The van der Waals surface area contributed by atoms with Crippen LogP contribution in [0.2, 0.25) is 0 Å². The second-order valence-corrected chi connectivity index (χ2v) is 6.24. The van der Waals surface area contributed by atoms with Gasteiger partial charge in [0.2, 0.25) is 18.0 Å². The van der Waals surface area contributed by atoms with Gasteiger partial charge in [-0.25, -0.2) is 4.79 Å². The topological polar surface area (TPSA) is 226 Å². The highest BCUT2D eigenvalue weighted by Gasteiger charge is 2.27. The second kappa shape index (κ2) is 11.5. The van der Waals surface area contributed by atoms with Crippen LogP contribution in [0.3, 0.4) is 0 Å². The number of carboxylic acids is 1. The molecule has 160 valence electrons.